The van der Waals surface area contributed by atoms with Gasteiger partial charge >= 0.3 is 0 Å². The Morgan fingerprint density at radius 2 is 1.50 bits per heavy atom. The summed E-state index contributed by atoms with van der Waals surface area (Å²) < 4.78 is 16.0. The molecular weight excluding hydrogens is 408 g/mol. The van der Waals surface area contributed by atoms with E-state index < -0.39 is 0 Å². The third kappa shape index (κ3) is 4.54. The Morgan fingerprint density at radius 3 is 2.09 bits per heavy atom. The van der Waals surface area contributed by atoms with Crippen LogP contribution in [0.3, 0.4) is 0 Å². The zero-order valence-corrected chi connectivity index (χ0v) is 19.3. The van der Waals surface area contributed by atoms with E-state index in [1.807, 2.05) is 36.9 Å². The summed E-state index contributed by atoms with van der Waals surface area (Å²) in [7, 11) is 4.73. The van der Waals surface area contributed by atoms with Gasteiger partial charge in [0.05, 0.1) is 31.6 Å². The highest BCUT2D eigenvalue weighted by atomic mass is 16.5. The van der Waals surface area contributed by atoms with Crippen LogP contribution in [0.25, 0.3) is 5.57 Å². The summed E-state index contributed by atoms with van der Waals surface area (Å²) in [6, 6.07) is 12.8. The predicted molar refractivity (Wildman–Crippen MR) is 124 cm³/mol. The Bertz CT molecular complexity index is 1020. The SMILES string of the molecule is COCCN(CCOC)C1=C(c2ccc(C)c(C)c2)C(=O)N(c2ccccc2OC)C1=O. The lowest BCUT2D eigenvalue weighted by molar-refractivity contribution is -0.120. The Balaban J connectivity index is 2.18. The summed E-state index contributed by atoms with van der Waals surface area (Å²) >= 11 is 0. The summed E-state index contributed by atoms with van der Waals surface area (Å²) in [4.78, 5) is 30.6. The molecule has 1 heterocycles. The van der Waals surface area contributed by atoms with E-state index in [4.69, 9.17) is 14.2 Å². The van der Waals surface area contributed by atoms with Gasteiger partial charge in [-0.25, -0.2) is 4.90 Å². The maximum atomic E-state index is 13.8. The number of carbonyl (C=O) groups excluding carboxylic acids is 2. The number of carbonyl (C=O) groups is 2. The van der Waals surface area contributed by atoms with Crippen molar-refractivity contribution in [1.82, 2.24) is 4.90 Å². The second-order valence-corrected chi connectivity index (χ2v) is 7.61. The van der Waals surface area contributed by atoms with Gasteiger partial charge in [-0.2, -0.15) is 0 Å². The smallest absolute Gasteiger partial charge is 0.282 e. The maximum Gasteiger partial charge on any atom is 0.282 e. The van der Waals surface area contributed by atoms with Crippen molar-refractivity contribution in [2.24, 2.45) is 0 Å². The van der Waals surface area contributed by atoms with Crippen molar-refractivity contribution in [2.45, 2.75) is 13.8 Å². The van der Waals surface area contributed by atoms with E-state index in [9.17, 15) is 9.59 Å². The van der Waals surface area contributed by atoms with Crippen molar-refractivity contribution in [2.75, 3.05) is 52.5 Å². The lowest BCUT2D eigenvalue weighted by Crippen LogP contribution is -2.37. The average Bonchev–Trinajstić information content (AvgIpc) is 3.05. The lowest BCUT2D eigenvalue weighted by atomic mass is 9.99. The molecule has 0 unspecified atom stereocenters. The van der Waals surface area contributed by atoms with E-state index in [-0.39, 0.29) is 11.8 Å². The van der Waals surface area contributed by atoms with E-state index in [1.165, 1.54) is 12.0 Å². The number of anilines is 1. The van der Waals surface area contributed by atoms with Gasteiger partial charge in [-0.1, -0.05) is 30.3 Å². The molecule has 0 atom stereocenters. The van der Waals surface area contributed by atoms with Crippen LogP contribution >= 0.6 is 0 Å². The number of rotatable bonds is 10. The number of benzene rings is 2. The van der Waals surface area contributed by atoms with E-state index in [0.717, 1.165) is 11.1 Å². The van der Waals surface area contributed by atoms with Crippen LogP contribution in [0.4, 0.5) is 5.69 Å². The van der Waals surface area contributed by atoms with Crippen LogP contribution in [-0.2, 0) is 19.1 Å². The molecule has 2 amide bonds. The highest BCUT2D eigenvalue weighted by Crippen LogP contribution is 2.38. The first kappa shape index (κ1) is 23.5. The molecule has 1 aliphatic heterocycles. The van der Waals surface area contributed by atoms with Crippen LogP contribution < -0.4 is 9.64 Å². The first-order chi connectivity index (χ1) is 15.4. The van der Waals surface area contributed by atoms with E-state index in [1.54, 1.807) is 38.5 Å². The first-order valence-electron chi connectivity index (χ1n) is 10.5. The third-order valence-corrected chi connectivity index (χ3v) is 5.63. The van der Waals surface area contributed by atoms with Crippen molar-refractivity contribution in [3.8, 4) is 5.75 Å². The molecule has 1 aliphatic rings. The molecule has 0 aliphatic carbocycles. The monoisotopic (exact) mass is 438 g/mol. The second-order valence-electron chi connectivity index (χ2n) is 7.61. The summed E-state index contributed by atoms with van der Waals surface area (Å²) in [5.74, 6) is -0.312. The maximum absolute atomic E-state index is 13.8. The van der Waals surface area contributed by atoms with Crippen LogP contribution in [-0.4, -0.2) is 64.3 Å². The van der Waals surface area contributed by atoms with Crippen LogP contribution in [0.15, 0.2) is 48.2 Å². The van der Waals surface area contributed by atoms with Crippen molar-refractivity contribution < 1.29 is 23.8 Å². The fourth-order valence-corrected chi connectivity index (χ4v) is 3.74. The Hall–Kier alpha value is -3.16. The zero-order chi connectivity index (χ0) is 23.3. The molecule has 0 spiro atoms. The number of imide groups is 1. The summed E-state index contributed by atoms with van der Waals surface area (Å²) in [5, 5.41) is 0. The average molecular weight is 439 g/mol. The predicted octanol–water partition coefficient (Wildman–Crippen LogP) is 3.19. The zero-order valence-electron chi connectivity index (χ0n) is 19.3. The van der Waals surface area contributed by atoms with Gasteiger partial charge in [0.25, 0.3) is 11.8 Å². The highest BCUT2D eigenvalue weighted by molar-refractivity contribution is 6.45. The molecule has 2 aromatic rings. The fourth-order valence-electron chi connectivity index (χ4n) is 3.74. The first-order valence-corrected chi connectivity index (χ1v) is 10.5. The normalized spacial score (nSPS) is 13.8. The third-order valence-electron chi connectivity index (χ3n) is 5.63. The fraction of sp³-hybridized carbons (Fsp3) is 0.360. The number of hydrogen-bond donors (Lipinski definition) is 0. The van der Waals surface area contributed by atoms with Gasteiger partial charge in [-0.15, -0.1) is 0 Å². The molecule has 170 valence electrons. The van der Waals surface area contributed by atoms with Gasteiger partial charge in [0.15, 0.2) is 0 Å². The number of aryl methyl sites for hydroxylation is 2. The molecule has 0 N–H and O–H groups in total. The molecule has 3 rings (SSSR count). The molecule has 2 aromatic carbocycles. The van der Waals surface area contributed by atoms with Crippen LogP contribution in [0, 0.1) is 13.8 Å². The van der Waals surface area contributed by atoms with Crippen LogP contribution in [0.5, 0.6) is 5.75 Å². The number of amides is 2. The highest BCUT2D eigenvalue weighted by Gasteiger charge is 2.43. The second kappa shape index (κ2) is 10.4. The van der Waals surface area contributed by atoms with Crippen molar-refractivity contribution >= 4 is 23.1 Å². The number of para-hydroxylation sites is 2. The van der Waals surface area contributed by atoms with Gasteiger partial charge in [-0.05, 0) is 42.7 Å². The molecule has 32 heavy (non-hydrogen) atoms. The molecule has 7 nitrogen and oxygen atoms in total. The van der Waals surface area contributed by atoms with Crippen molar-refractivity contribution in [3.63, 3.8) is 0 Å². The topological polar surface area (TPSA) is 68.3 Å². The number of methoxy groups -OCH3 is 3. The quantitative estimate of drug-likeness (QED) is 0.531. The molecule has 0 saturated heterocycles. The van der Waals surface area contributed by atoms with Crippen LogP contribution in [0.1, 0.15) is 16.7 Å². The summed E-state index contributed by atoms with van der Waals surface area (Å²) in [6.45, 7) is 5.71. The van der Waals surface area contributed by atoms with Gasteiger partial charge < -0.3 is 19.1 Å². The Kier molecular flexibility index (Phi) is 7.66. The lowest BCUT2D eigenvalue weighted by Gasteiger charge is -2.26. The molecule has 0 bridgehead atoms. The minimum Gasteiger partial charge on any atom is -0.495 e. The summed E-state index contributed by atoms with van der Waals surface area (Å²) in [6.07, 6.45) is 0. The van der Waals surface area contributed by atoms with E-state index >= 15 is 0 Å². The van der Waals surface area contributed by atoms with Crippen molar-refractivity contribution in [3.05, 3.63) is 64.9 Å². The Morgan fingerprint density at radius 1 is 0.844 bits per heavy atom. The standard InChI is InChI=1S/C25H30N2O5/c1-17-10-11-19(16-18(17)2)22-23(26(12-14-30-3)13-15-31-4)25(29)27(24(22)28)20-8-6-7-9-21(20)32-5/h6-11,16H,12-15H2,1-5H3. The van der Waals surface area contributed by atoms with Crippen LogP contribution in [0.2, 0.25) is 0 Å². The minimum atomic E-state index is -0.389. The van der Waals surface area contributed by atoms with E-state index in [2.05, 4.69) is 0 Å². The molecule has 0 fully saturated rings. The molecule has 0 radical (unpaired) electrons. The molecule has 0 aromatic heterocycles. The summed E-state index contributed by atoms with van der Waals surface area (Å²) in [5.41, 5.74) is 4.00. The van der Waals surface area contributed by atoms with Gasteiger partial charge in [0, 0.05) is 27.3 Å². The van der Waals surface area contributed by atoms with Gasteiger partial charge in [-0.3, -0.25) is 9.59 Å². The number of nitrogens with zero attached hydrogens (tertiary/aromatic N) is 2. The van der Waals surface area contributed by atoms with Gasteiger partial charge in [0.2, 0.25) is 0 Å². The van der Waals surface area contributed by atoms with Gasteiger partial charge in [0.1, 0.15) is 11.4 Å². The largest absolute Gasteiger partial charge is 0.495 e. The van der Waals surface area contributed by atoms with Crippen molar-refractivity contribution in [1.29, 1.82) is 0 Å². The van der Waals surface area contributed by atoms with E-state index in [0.29, 0.717) is 54.6 Å². The number of hydrogen-bond acceptors (Lipinski definition) is 6. The molecule has 0 saturated carbocycles. The minimum absolute atomic E-state index is 0.346. The Labute approximate surface area is 189 Å². The molecule has 7 heteroatoms. The number of ether oxygens (including phenoxy) is 3. The molecular formula is C25H30N2O5.